The average Bonchev–Trinajstić information content (AvgIpc) is 2.25. The lowest BCUT2D eigenvalue weighted by atomic mass is 9.83. The average molecular weight is 170 g/mol. The third kappa shape index (κ3) is 1.62. The maximum atomic E-state index is 11.4. The molecule has 0 saturated heterocycles. The number of hydrogen-bond donors (Lipinski definition) is 0. The summed E-state index contributed by atoms with van der Waals surface area (Å²) in [5, 5.41) is 0. The molecule has 0 spiro atoms. The zero-order valence-electron chi connectivity index (χ0n) is 8.44. The Bertz CT molecular complexity index is 196. The van der Waals surface area contributed by atoms with Crippen molar-refractivity contribution >= 4 is 5.97 Å². The van der Waals surface area contributed by atoms with Gasteiger partial charge in [0.15, 0.2) is 0 Å². The zero-order chi connectivity index (χ0) is 9.41. The maximum absolute atomic E-state index is 11.4. The summed E-state index contributed by atoms with van der Waals surface area (Å²) in [6.07, 6.45) is 3.04. The predicted molar refractivity (Wildman–Crippen MR) is 47.8 cm³/mol. The molecule has 0 unspecified atom stereocenters. The van der Waals surface area contributed by atoms with Gasteiger partial charge in [-0.2, -0.15) is 0 Å². The van der Waals surface area contributed by atoms with E-state index < -0.39 is 0 Å². The highest BCUT2D eigenvalue weighted by molar-refractivity contribution is 5.76. The molecule has 2 nitrogen and oxygen atoms in total. The Morgan fingerprint density at radius 2 is 1.83 bits per heavy atom. The highest BCUT2D eigenvalue weighted by Gasteiger charge is 2.45. The summed E-state index contributed by atoms with van der Waals surface area (Å²) in [4.78, 5) is 11.4. The van der Waals surface area contributed by atoms with Gasteiger partial charge in [0.2, 0.25) is 0 Å². The van der Waals surface area contributed by atoms with E-state index in [1.54, 1.807) is 0 Å². The van der Waals surface area contributed by atoms with Crippen LogP contribution in [-0.4, -0.2) is 13.1 Å². The van der Waals surface area contributed by atoms with Gasteiger partial charge < -0.3 is 4.74 Å². The van der Waals surface area contributed by atoms with Gasteiger partial charge in [-0.3, -0.25) is 4.79 Å². The first-order valence-corrected chi connectivity index (χ1v) is 4.48. The van der Waals surface area contributed by atoms with Gasteiger partial charge in [0, 0.05) is 0 Å². The van der Waals surface area contributed by atoms with Crippen molar-refractivity contribution in [2.75, 3.05) is 7.11 Å². The number of ether oxygens (including phenoxy) is 1. The van der Waals surface area contributed by atoms with Crippen molar-refractivity contribution in [1.29, 1.82) is 0 Å². The Hall–Kier alpha value is -0.530. The first-order valence-electron chi connectivity index (χ1n) is 4.48. The first-order chi connectivity index (χ1) is 5.40. The molecule has 0 radical (unpaired) electrons. The molecule has 0 heterocycles. The van der Waals surface area contributed by atoms with Gasteiger partial charge in [-0.15, -0.1) is 0 Å². The minimum Gasteiger partial charge on any atom is -0.469 e. The van der Waals surface area contributed by atoms with Gasteiger partial charge in [-0.05, 0) is 31.6 Å². The van der Waals surface area contributed by atoms with Gasteiger partial charge in [0.25, 0.3) is 0 Å². The van der Waals surface area contributed by atoms with E-state index in [1.165, 1.54) is 7.11 Å². The van der Waals surface area contributed by atoms with E-state index in [4.69, 9.17) is 4.74 Å². The molecule has 70 valence electrons. The van der Waals surface area contributed by atoms with Gasteiger partial charge in [0.1, 0.15) is 0 Å². The molecule has 1 aliphatic rings. The molecule has 1 aliphatic carbocycles. The number of rotatable bonds is 1. The molecule has 2 heteroatoms. The summed E-state index contributed by atoms with van der Waals surface area (Å²) in [7, 11) is 1.47. The molecule has 0 amide bonds. The van der Waals surface area contributed by atoms with Crippen LogP contribution in [0.5, 0.6) is 0 Å². The molecule has 0 aliphatic heterocycles. The second kappa shape index (κ2) is 2.75. The molecule has 0 bridgehead atoms. The Balaban J connectivity index is 2.71. The van der Waals surface area contributed by atoms with Crippen molar-refractivity contribution < 1.29 is 9.53 Å². The zero-order valence-corrected chi connectivity index (χ0v) is 8.44. The second-order valence-electron chi connectivity index (χ2n) is 4.89. The molecular formula is C10H18O2. The lowest BCUT2D eigenvalue weighted by molar-refractivity contribution is -0.151. The number of hydrogen-bond acceptors (Lipinski definition) is 2. The smallest absolute Gasteiger partial charge is 0.311 e. The number of esters is 1. The number of carbonyl (C=O) groups excluding carboxylic acids is 1. The molecule has 12 heavy (non-hydrogen) atoms. The first kappa shape index (κ1) is 9.56. The summed E-state index contributed by atoms with van der Waals surface area (Å²) in [6.45, 7) is 6.43. The summed E-state index contributed by atoms with van der Waals surface area (Å²) < 4.78 is 4.79. The fraction of sp³-hybridized carbons (Fsp3) is 0.900. The molecule has 1 atom stereocenters. The van der Waals surface area contributed by atoms with Crippen molar-refractivity contribution in [3.63, 3.8) is 0 Å². The Kier molecular flexibility index (Phi) is 2.19. The van der Waals surface area contributed by atoms with Crippen LogP contribution in [0, 0.1) is 10.8 Å². The standard InChI is InChI=1S/C10H18O2/c1-9(2)5-6-10(3,7-9)8(11)12-4/h5-7H2,1-4H3/t10-/m0/s1. The van der Waals surface area contributed by atoms with Crippen molar-refractivity contribution in [2.45, 2.75) is 40.0 Å². The van der Waals surface area contributed by atoms with Gasteiger partial charge >= 0.3 is 5.97 Å². The van der Waals surface area contributed by atoms with Crippen molar-refractivity contribution in [1.82, 2.24) is 0 Å². The molecule has 0 aromatic heterocycles. The van der Waals surface area contributed by atoms with Crippen LogP contribution in [-0.2, 0) is 9.53 Å². The quantitative estimate of drug-likeness (QED) is 0.565. The lowest BCUT2D eigenvalue weighted by Gasteiger charge is -2.23. The summed E-state index contributed by atoms with van der Waals surface area (Å²) in [6, 6.07) is 0. The van der Waals surface area contributed by atoms with Crippen molar-refractivity contribution in [3.05, 3.63) is 0 Å². The third-order valence-corrected chi connectivity index (χ3v) is 2.90. The molecule has 1 fully saturated rings. The monoisotopic (exact) mass is 170 g/mol. The summed E-state index contributed by atoms with van der Waals surface area (Å²) in [5.74, 6) is -0.0481. The number of carbonyl (C=O) groups is 1. The largest absolute Gasteiger partial charge is 0.469 e. The predicted octanol–water partition coefficient (Wildman–Crippen LogP) is 2.38. The van der Waals surface area contributed by atoms with Crippen molar-refractivity contribution in [3.8, 4) is 0 Å². The molecular weight excluding hydrogens is 152 g/mol. The van der Waals surface area contributed by atoms with E-state index in [9.17, 15) is 4.79 Å². The van der Waals surface area contributed by atoms with Gasteiger partial charge in [0.05, 0.1) is 12.5 Å². The van der Waals surface area contributed by atoms with E-state index in [0.717, 1.165) is 19.3 Å². The Morgan fingerprint density at radius 3 is 2.17 bits per heavy atom. The molecule has 0 N–H and O–H groups in total. The minimum atomic E-state index is -0.224. The SMILES string of the molecule is COC(=O)[C@@]1(C)CCC(C)(C)C1. The van der Waals surface area contributed by atoms with Crippen LogP contribution >= 0.6 is 0 Å². The summed E-state index contributed by atoms with van der Waals surface area (Å²) >= 11 is 0. The molecule has 0 aromatic rings. The lowest BCUT2D eigenvalue weighted by Crippen LogP contribution is -2.27. The van der Waals surface area contributed by atoms with E-state index in [0.29, 0.717) is 5.41 Å². The molecule has 1 saturated carbocycles. The van der Waals surface area contributed by atoms with Crippen LogP contribution in [0.3, 0.4) is 0 Å². The van der Waals surface area contributed by atoms with Crippen LogP contribution in [0.4, 0.5) is 0 Å². The van der Waals surface area contributed by atoms with Gasteiger partial charge in [-0.1, -0.05) is 13.8 Å². The normalized spacial score (nSPS) is 33.3. The van der Waals surface area contributed by atoms with Crippen LogP contribution in [0.1, 0.15) is 40.0 Å². The van der Waals surface area contributed by atoms with Crippen molar-refractivity contribution in [2.24, 2.45) is 10.8 Å². The van der Waals surface area contributed by atoms with E-state index >= 15 is 0 Å². The fourth-order valence-corrected chi connectivity index (χ4v) is 2.27. The molecule has 1 rings (SSSR count). The molecule has 0 aromatic carbocycles. The number of methoxy groups -OCH3 is 1. The fourth-order valence-electron chi connectivity index (χ4n) is 2.27. The Labute approximate surface area is 74.3 Å². The highest BCUT2D eigenvalue weighted by atomic mass is 16.5. The van der Waals surface area contributed by atoms with Crippen LogP contribution < -0.4 is 0 Å². The highest BCUT2D eigenvalue weighted by Crippen LogP contribution is 2.49. The van der Waals surface area contributed by atoms with Crippen LogP contribution in [0.2, 0.25) is 0 Å². The third-order valence-electron chi connectivity index (χ3n) is 2.90. The van der Waals surface area contributed by atoms with E-state index in [1.807, 2.05) is 6.92 Å². The minimum absolute atomic E-state index is 0.0481. The Morgan fingerprint density at radius 1 is 1.25 bits per heavy atom. The van der Waals surface area contributed by atoms with Gasteiger partial charge in [-0.25, -0.2) is 0 Å². The van der Waals surface area contributed by atoms with E-state index in [2.05, 4.69) is 13.8 Å². The second-order valence-corrected chi connectivity index (χ2v) is 4.89. The van der Waals surface area contributed by atoms with Crippen LogP contribution in [0.15, 0.2) is 0 Å². The topological polar surface area (TPSA) is 26.3 Å². The summed E-state index contributed by atoms with van der Waals surface area (Å²) in [5.41, 5.74) is 0.0845. The van der Waals surface area contributed by atoms with E-state index in [-0.39, 0.29) is 11.4 Å². The maximum Gasteiger partial charge on any atom is 0.311 e. The van der Waals surface area contributed by atoms with Crippen LogP contribution in [0.25, 0.3) is 0 Å².